The Hall–Kier alpha value is -1.85. The number of carbonyl (C=O) groups is 1. The van der Waals surface area contributed by atoms with Crippen LogP contribution in [0.3, 0.4) is 0 Å². The number of hydrogen-bond acceptors (Lipinski definition) is 3. The second kappa shape index (κ2) is 10.6. The Morgan fingerprint density at radius 1 is 1.04 bits per heavy atom. The van der Waals surface area contributed by atoms with Crippen LogP contribution >= 0.6 is 15.9 Å². The van der Waals surface area contributed by atoms with Gasteiger partial charge in [-0.1, -0.05) is 58.6 Å². The molecule has 1 aliphatic rings. The van der Waals surface area contributed by atoms with Crippen LogP contribution in [-0.4, -0.2) is 37.0 Å². The van der Waals surface area contributed by atoms with Crippen molar-refractivity contribution in [2.24, 2.45) is 0 Å². The van der Waals surface area contributed by atoms with Gasteiger partial charge in [-0.25, -0.2) is 0 Å². The number of hydrogen-bond donors (Lipinski definition) is 1. The number of carbonyl (C=O) groups excluding carboxylic acids is 1. The first kappa shape index (κ1) is 20.9. The van der Waals surface area contributed by atoms with Crippen LogP contribution in [0.15, 0.2) is 53.0 Å². The van der Waals surface area contributed by atoms with Crippen LogP contribution in [0, 0.1) is 6.92 Å². The molecule has 1 heterocycles. The number of amides is 1. The van der Waals surface area contributed by atoms with E-state index < -0.39 is 0 Å². The van der Waals surface area contributed by atoms with Gasteiger partial charge in [0.2, 0.25) is 0 Å². The summed E-state index contributed by atoms with van der Waals surface area (Å²) in [4.78, 5) is 14.9. The molecule has 1 unspecified atom stereocenters. The van der Waals surface area contributed by atoms with Crippen molar-refractivity contribution in [2.45, 2.75) is 38.6 Å². The number of rotatable bonds is 7. The molecule has 1 saturated heterocycles. The topological polar surface area (TPSA) is 41.6 Å². The molecule has 0 spiro atoms. The predicted molar refractivity (Wildman–Crippen MR) is 117 cm³/mol. The third-order valence-corrected chi connectivity index (χ3v) is 5.75. The Morgan fingerprint density at radius 2 is 1.68 bits per heavy atom. The Kier molecular flexibility index (Phi) is 7.92. The molecule has 0 aromatic heterocycles. The molecule has 4 nitrogen and oxygen atoms in total. The minimum Gasteiger partial charge on any atom is -0.484 e. The maximum absolute atomic E-state index is 12.4. The molecule has 2 aromatic rings. The van der Waals surface area contributed by atoms with Gasteiger partial charge in [-0.15, -0.1) is 0 Å². The maximum atomic E-state index is 12.4. The zero-order valence-electron chi connectivity index (χ0n) is 16.5. The third-order valence-electron chi connectivity index (χ3n) is 5.22. The second-order valence-electron chi connectivity index (χ2n) is 7.42. The largest absolute Gasteiger partial charge is 0.484 e. The van der Waals surface area contributed by atoms with E-state index >= 15 is 0 Å². The van der Waals surface area contributed by atoms with Crippen molar-refractivity contribution in [1.29, 1.82) is 0 Å². The highest BCUT2D eigenvalue weighted by Crippen LogP contribution is 2.24. The molecule has 28 heavy (non-hydrogen) atoms. The van der Waals surface area contributed by atoms with E-state index in [4.69, 9.17) is 4.74 Å². The summed E-state index contributed by atoms with van der Waals surface area (Å²) in [7, 11) is 0. The summed E-state index contributed by atoms with van der Waals surface area (Å²) in [5.74, 6) is 0.607. The Bertz CT molecular complexity index is 738. The van der Waals surface area contributed by atoms with E-state index in [2.05, 4.69) is 57.3 Å². The first-order valence-electron chi connectivity index (χ1n) is 10.1. The van der Waals surface area contributed by atoms with E-state index in [1.54, 1.807) is 0 Å². The fraction of sp³-hybridized carbons (Fsp3) is 0.435. The van der Waals surface area contributed by atoms with E-state index in [0.29, 0.717) is 12.3 Å². The zero-order valence-corrected chi connectivity index (χ0v) is 18.1. The highest BCUT2D eigenvalue weighted by molar-refractivity contribution is 9.10. The van der Waals surface area contributed by atoms with Gasteiger partial charge in [0.1, 0.15) is 5.75 Å². The van der Waals surface area contributed by atoms with Crippen molar-refractivity contribution in [3.63, 3.8) is 0 Å². The number of nitrogens with zero attached hydrogens (tertiary/aromatic N) is 1. The normalized spacial score (nSPS) is 16.2. The minimum absolute atomic E-state index is 0.0300. The molecular formula is C23H29BrN2O2. The van der Waals surface area contributed by atoms with Crippen LogP contribution < -0.4 is 10.1 Å². The lowest BCUT2D eigenvalue weighted by Crippen LogP contribution is -2.40. The summed E-state index contributed by atoms with van der Waals surface area (Å²) in [6.07, 6.45) is 5.04. The molecule has 3 rings (SSSR count). The second-order valence-corrected chi connectivity index (χ2v) is 8.34. The summed E-state index contributed by atoms with van der Waals surface area (Å²) in [5.41, 5.74) is 2.52. The molecule has 1 N–H and O–H groups in total. The molecule has 2 aromatic carbocycles. The minimum atomic E-state index is -0.0881. The molecule has 1 fully saturated rings. The fourth-order valence-electron chi connectivity index (χ4n) is 3.59. The number of ether oxygens (including phenoxy) is 1. The number of nitrogens with one attached hydrogen (secondary N) is 1. The molecule has 0 bridgehead atoms. The van der Waals surface area contributed by atoms with Crippen LogP contribution in [-0.2, 0) is 4.79 Å². The Balaban J connectivity index is 1.59. The summed E-state index contributed by atoms with van der Waals surface area (Å²) in [5, 5.41) is 3.08. The van der Waals surface area contributed by atoms with E-state index in [1.807, 2.05) is 24.3 Å². The van der Waals surface area contributed by atoms with Crippen molar-refractivity contribution in [2.75, 3.05) is 26.2 Å². The van der Waals surface area contributed by atoms with Gasteiger partial charge in [0.15, 0.2) is 6.61 Å². The number of halogens is 1. The molecule has 150 valence electrons. The highest BCUT2D eigenvalue weighted by Gasteiger charge is 2.22. The molecule has 0 saturated carbocycles. The van der Waals surface area contributed by atoms with Crippen molar-refractivity contribution in [3.05, 3.63) is 64.1 Å². The predicted octanol–water partition coefficient (Wildman–Crippen LogP) is 4.87. The Morgan fingerprint density at radius 3 is 2.32 bits per heavy atom. The standard InChI is InChI=1S/C23H29BrN2O2/c1-18-6-8-19(9-7-18)22(26-14-4-2-3-5-15-26)16-25-23(27)17-28-21-12-10-20(24)11-13-21/h6-13,22H,2-5,14-17H2,1H3,(H,25,27). The third kappa shape index (κ3) is 6.35. The molecule has 1 atom stereocenters. The van der Waals surface area contributed by atoms with Gasteiger partial charge >= 0.3 is 0 Å². The van der Waals surface area contributed by atoms with Gasteiger partial charge in [-0.05, 0) is 62.7 Å². The van der Waals surface area contributed by atoms with Crippen molar-refractivity contribution in [3.8, 4) is 5.75 Å². The lowest BCUT2D eigenvalue weighted by Gasteiger charge is -2.31. The molecule has 1 amide bonds. The van der Waals surface area contributed by atoms with Gasteiger partial charge in [-0.2, -0.15) is 0 Å². The average Bonchev–Trinajstić information content (AvgIpc) is 2.98. The van der Waals surface area contributed by atoms with E-state index in [0.717, 1.165) is 17.6 Å². The highest BCUT2D eigenvalue weighted by atomic mass is 79.9. The van der Waals surface area contributed by atoms with Crippen LogP contribution in [0.1, 0.15) is 42.9 Å². The first-order chi connectivity index (χ1) is 13.6. The lowest BCUT2D eigenvalue weighted by atomic mass is 10.0. The van der Waals surface area contributed by atoms with Gasteiger partial charge in [0.05, 0.1) is 6.04 Å². The molecule has 0 aliphatic carbocycles. The van der Waals surface area contributed by atoms with Crippen LogP contribution in [0.4, 0.5) is 0 Å². The molecule has 5 heteroatoms. The number of likely N-dealkylation sites (tertiary alicyclic amines) is 1. The van der Waals surface area contributed by atoms with Crippen molar-refractivity contribution < 1.29 is 9.53 Å². The number of benzene rings is 2. The van der Waals surface area contributed by atoms with Gasteiger partial charge in [-0.3, -0.25) is 9.69 Å². The smallest absolute Gasteiger partial charge is 0.258 e. The van der Waals surface area contributed by atoms with E-state index in [9.17, 15) is 4.79 Å². The SMILES string of the molecule is Cc1ccc(C(CNC(=O)COc2ccc(Br)cc2)N2CCCCCC2)cc1. The Labute approximate surface area is 176 Å². The molecule has 1 aliphatic heterocycles. The summed E-state index contributed by atoms with van der Waals surface area (Å²) in [6, 6.07) is 16.4. The summed E-state index contributed by atoms with van der Waals surface area (Å²) in [6.45, 7) is 4.91. The summed E-state index contributed by atoms with van der Waals surface area (Å²) < 4.78 is 6.58. The van der Waals surface area contributed by atoms with Gasteiger partial charge in [0.25, 0.3) is 5.91 Å². The number of aryl methyl sites for hydroxylation is 1. The van der Waals surface area contributed by atoms with Gasteiger partial charge < -0.3 is 10.1 Å². The monoisotopic (exact) mass is 444 g/mol. The molecular weight excluding hydrogens is 416 g/mol. The zero-order chi connectivity index (χ0) is 19.8. The van der Waals surface area contributed by atoms with E-state index in [1.165, 1.54) is 36.8 Å². The van der Waals surface area contributed by atoms with Gasteiger partial charge in [0, 0.05) is 11.0 Å². The van der Waals surface area contributed by atoms with Crippen molar-refractivity contribution >= 4 is 21.8 Å². The fourth-order valence-corrected chi connectivity index (χ4v) is 3.86. The molecule has 0 radical (unpaired) electrons. The average molecular weight is 445 g/mol. The van der Waals surface area contributed by atoms with E-state index in [-0.39, 0.29) is 18.6 Å². The van der Waals surface area contributed by atoms with Crippen LogP contribution in [0.5, 0.6) is 5.75 Å². The lowest BCUT2D eigenvalue weighted by molar-refractivity contribution is -0.123. The van der Waals surface area contributed by atoms with Crippen LogP contribution in [0.2, 0.25) is 0 Å². The first-order valence-corrected chi connectivity index (χ1v) is 10.9. The summed E-state index contributed by atoms with van der Waals surface area (Å²) >= 11 is 3.40. The van der Waals surface area contributed by atoms with Crippen molar-refractivity contribution in [1.82, 2.24) is 10.2 Å². The van der Waals surface area contributed by atoms with Crippen LogP contribution in [0.25, 0.3) is 0 Å². The quantitative estimate of drug-likeness (QED) is 0.661. The maximum Gasteiger partial charge on any atom is 0.258 e.